The highest BCUT2D eigenvalue weighted by atomic mass is 19.4. The first-order valence-electron chi connectivity index (χ1n) is 4.65. The molecule has 18 heavy (non-hydrogen) atoms. The fourth-order valence-electron chi connectivity index (χ4n) is 0.877. The van der Waals surface area contributed by atoms with Gasteiger partial charge in [0.25, 0.3) is 0 Å². The maximum atomic E-state index is 10.9. The third-order valence-corrected chi connectivity index (χ3v) is 1.67. The minimum atomic E-state index is -5.08. The minimum absolute atomic E-state index is 0.458. The Morgan fingerprint density at radius 3 is 1.67 bits per heavy atom. The van der Waals surface area contributed by atoms with Crippen LogP contribution in [0.25, 0.3) is 0 Å². The summed E-state index contributed by atoms with van der Waals surface area (Å²) >= 11 is 0. The second kappa shape index (κ2) is 7.17. The summed E-state index contributed by atoms with van der Waals surface area (Å²) in [5.41, 5.74) is -1.10. The number of carboxylic acid groups (broad SMARTS) is 1. The van der Waals surface area contributed by atoms with E-state index in [2.05, 4.69) is 10.1 Å². The number of rotatable bonds is 3. The number of halogens is 3. The van der Waals surface area contributed by atoms with Gasteiger partial charge in [-0.3, -0.25) is 4.79 Å². The number of carbonyl (C=O) groups excluding carboxylic acids is 1. The van der Waals surface area contributed by atoms with E-state index in [4.69, 9.17) is 9.90 Å². The van der Waals surface area contributed by atoms with Gasteiger partial charge in [0.2, 0.25) is 0 Å². The highest BCUT2D eigenvalue weighted by Crippen LogP contribution is 2.13. The Kier molecular flexibility index (Phi) is 7.56. The van der Waals surface area contributed by atoms with Gasteiger partial charge in [-0.2, -0.15) is 13.2 Å². The highest BCUT2D eigenvalue weighted by Gasteiger charge is 2.38. The smallest absolute Gasteiger partial charge is 0.475 e. The maximum Gasteiger partial charge on any atom is 0.490 e. The first-order valence-corrected chi connectivity index (χ1v) is 4.65. The number of nitrogens with one attached hydrogen (secondary N) is 1. The minimum Gasteiger partial charge on any atom is -0.475 e. The highest BCUT2D eigenvalue weighted by molar-refractivity contribution is 5.77. The van der Waals surface area contributed by atoms with Crippen LogP contribution in [0.5, 0.6) is 0 Å². The van der Waals surface area contributed by atoms with E-state index in [0.717, 1.165) is 0 Å². The molecule has 0 saturated carbocycles. The van der Waals surface area contributed by atoms with Crippen LogP contribution in [0.2, 0.25) is 0 Å². The van der Waals surface area contributed by atoms with Crippen LogP contribution in [0.3, 0.4) is 0 Å². The van der Waals surface area contributed by atoms with Gasteiger partial charge in [-0.05, 0) is 20.9 Å². The summed E-state index contributed by atoms with van der Waals surface area (Å²) in [6.07, 6.45) is -5.08. The summed E-state index contributed by atoms with van der Waals surface area (Å²) in [6, 6.07) is -0.674. The van der Waals surface area contributed by atoms with Crippen molar-refractivity contribution < 1.29 is 37.7 Å². The maximum absolute atomic E-state index is 10.9. The summed E-state index contributed by atoms with van der Waals surface area (Å²) in [7, 11) is 2.89. The van der Waals surface area contributed by atoms with Crippen molar-refractivity contribution in [3.05, 3.63) is 0 Å². The summed E-state index contributed by atoms with van der Waals surface area (Å²) in [4.78, 5) is 19.8. The zero-order valence-corrected chi connectivity index (χ0v) is 10.3. The number of carboxylic acids is 1. The third kappa shape index (κ3) is 7.85. The van der Waals surface area contributed by atoms with Crippen molar-refractivity contribution in [2.24, 2.45) is 0 Å². The van der Waals surface area contributed by atoms with Gasteiger partial charge in [0.1, 0.15) is 6.04 Å². The van der Waals surface area contributed by atoms with Crippen LogP contribution in [0.1, 0.15) is 13.8 Å². The number of hydrogen-bond donors (Lipinski definition) is 3. The molecule has 0 unspecified atom stereocenters. The Morgan fingerprint density at radius 1 is 1.28 bits per heavy atom. The molecular weight excluding hydrogens is 259 g/mol. The van der Waals surface area contributed by atoms with Crippen LogP contribution in [0, 0.1) is 0 Å². The Labute approximate surface area is 102 Å². The molecule has 0 aliphatic rings. The molecule has 9 heteroatoms. The van der Waals surface area contributed by atoms with Crippen molar-refractivity contribution in [3.63, 3.8) is 0 Å². The van der Waals surface area contributed by atoms with Crippen LogP contribution >= 0.6 is 0 Å². The van der Waals surface area contributed by atoms with E-state index >= 15 is 0 Å². The first-order chi connectivity index (χ1) is 7.87. The molecule has 108 valence electrons. The number of alkyl halides is 3. The van der Waals surface area contributed by atoms with Gasteiger partial charge in [-0.15, -0.1) is 0 Å². The molecule has 0 amide bonds. The zero-order valence-electron chi connectivity index (χ0n) is 10.3. The van der Waals surface area contributed by atoms with E-state index in [-0.39, 0.29) is 0 Å². The lowest BCUT2D eigenvalue weighted by Gasteiger charge is -2.26. The van der Waals surface area contributed by atoms with E-state index in [9.17, 15) is 23.1 Å². The summed E-state index contributed by atoms with van der Waals surface area (Å²) in [5, 5.41) is 19.2. The van der Waals surface area contributed by atoms with Crippen LogP contribution in [0.4, 0.5) is 13.2 Å². The molecular formula is C9H16F3NO5. The van der Waals surface area contributed by atoms with E-state index < -0.39 is 29.8 Å². The molecule has 6 nitrogen and oxygen atoms in total. The number of esters is 1. The fourth-order valence-corrected chi connectivity index (χ4v) is 0.877. The average Bonchev–Trinajstić information content (AvgIpc) is 2.15. The Balaban J connectivity index is 0. The molecule has 0 aromatic heterocycles. The van der Waals surface area contributed by atoms with Gasteiger partial charge in [-0.25, -0.2) is 4.79 Å². The van der Waals surface area contributed by atoms with E-state index in [0.29, 0.717) is 0 Å². The van der Waals surface area contributed by atoms with Crippen LogP contribution in [0.15, 0.2) is 0 Å². The number of hydrogen-bond acceptors (Lipinski definition) is 5. The van der Waals surface area contributed by atoms with Crippen molar-refractivity contribution in [2.45, 2.75) is 31.7 Å². The predicted molar refractivity (Wildman–Crippen MR) is 54.9 cm³/mol. The molecule has 0 spiro atoms. The second-order valence-corrected chi connectivity index (χ2v) is 3.70. The molecule has 0 saturated heterocycles. The number of aliphatic carboxylic acids is 1. The molecule has 0 aliphatic heterocycles. The van der Waals surface area contributed by atoms with Gasteiger partial charge in [-0.1, -0.05) is 0 Å². The van der Waals surface area contributed by atoms with Gasteiger partial charge in [0.15, 0.2) is 0 Å². The second-order valence-electron chi connectivity index (χ2n) is 3.70. The van der Waals surface area contributed by atoms with Crippen molar-refractivity contribution in [1.29, 1.82) is 0 Å². The molecule has 1 atom stereocenters. The largest absolute Gasteiger partial charge is 0.490 e. The van der Waals surface area contributed by atoms with Crippen LogP contribution in [-0.2, 0) is 14.3 Å². The number of carbonyl (C=O) groups is 2. The monoisotopic (exact) mass is 275 g/mol. The van der Waals surface area contributed by atoms with Crippen LogP contribution < -0.4 is 5.32 Å². The first kappa shape index (κ1) is 19.0. The van der Waals surface area contributed by atoms with Crippen molar-refractivity contribution in [2.75, 3.05) is 14.2 Å². The average molecular weight is 275 g/mol. The topological polar surface area (TPSA) is 95.9 Å². The van der Waals surface area contributed by atoms with Crippen LogP contribution in [-0.4, -0.2) is 54.1 Å². The lowest BCUT2D eigenvalue weighted by molar-refractivity contribution is -0.192. The molecule has 0 aliphatic carbocycles. The molecule has 0 rings (SSSR count). The Bertz CT molecular complexity index is 285. The molecule has 0 fully saturated rings. The molecule has 0 aromatic rings. The normalized spacial score (nSPS) is 13.1. The molecule has 0 bridgehead atoms. The fraction of sp³-hybridized carbons (Fsp3) is 0.778. The number of methoxy groups -OCH3 is 1. The van der Waals surface area contributed by atoms with Gasteiger partial charge < -0.3 is 20.3 Å². The zero-order chi connectivity index (χ0) is 15.1. The summed E-state index contributed by atoms with van der Waals surface area (Å²) in [5.74, 6) is -3.22. The summed E-state index contributed by atoms with van der Waals surface area (Å²) in [6.45, 7) is 3.09. The van der Waals surface area contributed by atoms with Gasteiger partial charge >= 0.3 is 18.1 Å². The van der Waals surface area contributed by atoms with Gasteiger partial charge in [0, 0.05) is 0 Å². The van der Waals surface area contributed by atoms with E-state index in [1.54, 1.807) is 20.9 Å². The SMILES string of the molecule is CN[C@H](C(=O)OC)C(C)(C)O.O=C(O)C(F)(F)F. The standard InChI is InChI=1S/C7H15NO3.C2HF3O2/c1-7(2,10)5(8-3)6(9)11-4;3-2(4,5)1(6)7/h5,8,10H,1-4H3;(H,6,7)/t5-;/m1./s1. The lowest BCUT2D eigenvalue weighted by atomic mass is 9.99. The third-order valence-electron chi connectivity index (χ3n) is 1.67. The summed E-state index contributed by atoms with van der Waals surface area (Å²) < 4.78 is 36.2. The van der Waals surface area contributed by atoms with E-state index in [1.807, 2.05) is 0 Å². The number of likely N-dealkylation sites (N-methyl/N-ethyl adjacent to an activating group) is 1. The Hall–Kier alpha value is -1.35. The van der Waals surface area contributed by atoms with Crippen molar-refractivity contribution >= 4 is 11.9 Å². The van der Waals surface area contributed by atoms with Crippen molar-refractivity contribution in [1.82, 2.24) is 5.32 Å². The molecule has 0 radical (unpaired) electrons. The predicted octanol–water partition coefficient (Wildman–Crippen LogP) is 0.152. The quantitative estimate of drug-likeness (QED) is 0.635. The van der Waals surface area contributed by atoms with Crippen molar-refractivity contribution in [3.8, 4) is 0 Å². The molecule has 0 heterocycles. The number of ether oxygens (including phenoxy) is 1. The number of aliphatic hydroxyl groups is 1. The molecule has 3 N–H and O–H groups in total. The Morgan fingerprint density at radius 2 is 1.61 bits per heavy atom. The van der Waals surface area contributed by atoms with Gasteiger partial charge in [0.05, 0.1) is 12.7 Å². The molecule has 0 aromatic carbocycles. The van der Waals surface area contributed by atoms with E-state index in [1.165, 1.54) is 7.11 Å². The lowest BCUT2D eigenvalue weighted by Crippen LogP contribution is -2.51.